The van der Waals surface area contributed by atoms with Gasteiger partial charge in [-0.2, -0.15) is 0 Å². The molecule has 0 atom stereocenters. The molecule has 0 spiro atoms. The zero-order valence-corrected chi connectivity index (χ0v) is 14.7. The molecule has 0 aliphatic rings. The molecule has 0 aromatic heterocycles. The molecule has 132 valence electrons. The molecular weight excluding hydrogens is 350 g/mol. The van der Waals surface area contributed by atoms with E-state index in [1.165, 1.54) is 12.1 Å². The summed E-state index contributed by atoms with van der Waals surface area (Å²) < 4.78 is 27.7. The molecule has 0 unspecified atom stereocenters. The summed E-state index contributed by atoms with van der Waals surface area (Å²) in [5, 5.41) is 10.8. The summed E-state index contributed by atoms with van der Waals surface area (Å²) in [6, 6.07) is 19.1. The molecule has 0 fully saturated rings. The number of carbonyl (C=O) groups is 1. The first-order valence-corrected chi connectivity index (χ1v) is 9.35. The maximum Gasteiger partial charge on any atom is 0.331 e. The van der Waals surface area contributed by atoms with Crippen molar-refractivity contribution in [2.24, 2.45) is 0 Å². The fourth-order valence-electron chi connectivity index (χ4n) is 2.58. The van der Waals surface area contributed by atoms with E-state index in [9.17, 15) is 13.2 Å². The first-order valence-electron chi connectivity index (χ1n) is 7.87. The minimum atomic E-state index is -3.73. The van der Waals surface area contributed by atoms with Crippen LogP contribution >= 0.6 is 0 Å². The first kappa shape index (κ1) is 17.7. The van der Waals surface area contributed by atoms with Crippen molar-refractivity contribution in [3.63, 3.8) is 0 Å². The van der Waals surface area contributed by atoms with Gasteiger partial charge in [0.1, 0.15) is 0 Å². The van der Waals surface area contributed by atoms with Crippen molar-refractivity contribution >= 4 is 32.5 Å². The van der Waals surface area contributed by atoms with Gasteiger partial charge in [-0.15, -0.1) is 0 Å². The Kier molecular flexibility index (Phi) is 4.77. The molecule has 0 radical (unpaired) electrons. The van der Waals surface area contributed by atoms with Crippen LogP contribution in [-0.4, -0.2) is 19.5 Å². The van der Waals surface area contributed by atoms with Crippen LogP contribution in [-0.2, 0) is 21.2 Å². The molecule has 0 heterocycles. The Morgan fingerprint density at radius 1 is 0.962 bits per heavy atom. The second kappa shape index (κ2) is 7.01. The fraction of sp³-hybridized carbons (Fsp3) is 0.0500. The topological polar surface area (TPSA) is 83.5 Å². The average molecular weight is 367 g/mol. The molecule has 3 aromatic rings. The summed E-state index contributed by atoms with van der Waals surface area (Å²) in [7, 11) is -3.73. The van der Waals surface area contributed by atoms with Gasteiger partial charge in [0.2, 0.25) is 0 Å². The molecule has 3 aromatic carbocycles. The number of aliphatic carboxylic acids is 1. The normalized spacial score (nSPS) is 11.2. The van der Waals surface area contributed by atoms with Gasteiger partial charge < -0.3 is 5.11 Å². The predicted octanol–water partition coefficient (Wildman–Crippen LogP) is 3.82. The standard InChI is InChI=1S/C20H17NO4S/c1-14(20(22)23)12-15-6-10-19(11-7-15)26(24,25)21-18-9-8-16-4-2-3-5-17(16)13-18/h2-11,13,21H,1,12H2,(H,22,23). The third-order valence-electron chi connectivity index (χ3n) is 3.96. The molecular formula is C20H17NO4S. The van der Waals surface area contributed by atoms with E-state index in [1.807, 2.05) is 30.3 Å². The minimum Gasteiger partial charge on any atom is -0.478 e. The number of hydrogen-bond donors (Lipinski definition) is 2. The molecule has 0 amide bonds. The minimum absolute atomic E-state index is 0.0508. The van der Waals surface area contributed by atoms with Crippen LogP contribution in [0.2, 0.25) is 0 Å². The smallest absolute Gasteiger partial charge is 0.331 e. The van der Waals surface area contributed by atoms with E-state index in [1.54, 1.807) is 24.3 Å². The summed E-state index contributed by atoms with van der Waals surface area (Å²) in [5.74, 6) is -1.07. The Bertz CT molecular complexity index is 1090. The lowest BCUT2D eigenvalue weighted by Crippen LogP contribution is -2.13. The number of nitrogens with one attached hydrogen (secondary N) is 1. The lowest BCUT2D eigenvalue weighted by molar-refractivity contribution is -0.132. The lowest BCUT2D eigenvalue weighted by Gasteiger charge is -2.10. The predicted molar refractivity (Wildman–Crippen MR) is 102 cm³/mol. The van der Waals surface area contributed by atoms with Crippen LogP contribution in [0.3, 0.4) is 0 Å². The number of benzene rings is 3. The van der Waals surface area contributed by atoms with Crippen LogP contribution in [0.1, 0.15) is 5.56 Å². The van der Waals surface area contributed by atoms with Crippen molar-refractivity contribution in [2.75, 3.05) is 4.72 Å². The van der Waals surface area contributed by atoms with Crippen LogP contribution < -0.4 is 4.72 Å². The number of carboxylic acids is 1. The first-order chi connectivity index (χ1) is 12.3. The van der Waals surface area contributed by atoms with Gasteiger partial charge in [0.15, 0.2) is 0 Å². The van der Waals surface area contributed by atoms with Gasteiger partial charge in [-0.3, -0.25) is 4.72 Å². The highest BCUT2D eigenvalue weighted by Gasteiger charge is 2.15. The van der Waals surface area contributed by atoms with E-state index >= 15 is 0 Å². The SMILES string of the molecule is C=C(Cc1ccc(S(=O)(=O)Nc2ccc3ccccc3c2)cc1)C(=O)O. The number of rotatable bonds is 6. The van der Waals surface area contributed by atoms with Crippen molar-refractivity contribution < 1.29 is 18.3 Å². The Labute approximate surface area is 151 Å². The van der Waals surface area contributed by atoms with E-state index in [-0.39, 0.29) is 16.9 Å². The quantitative estimate of drug-likeness (QED) is 0.649. The number of fused-ring (bicyclic) bond motifs is 1. The van der Waals surface area contributed by atoms with Gasteiger partial charge in [-0.1, -0.05) is 49.0 Å². The van der Waals surface area contributed by atoms with Gasteiger partial charge in [0, 0.05) is 17.7 Å². The van der Waals surface area contributed by atoms with Gasteiger partial charge in [0.25, 0.3) is 10.0 Å². The van der Waals surface area contributed by atoms with E-state index in [4.69, 9.17) is 5.11 Å². The summed E-state index contributed by atoms with van der Waals surface area (Å²) in [6.45, 7) is 3.47. The molecule has 0 aliphatic carbocycles. The van der Waals surface area contributed by atoms with Crippen LogP contribution in [0.4, 0.5) is 5.69 Å². The number of hydrogen-bond acceptors (Lipinski definition) is 3. The molecule has 0 aliphatic heterocycles. The highest BCUT2D eigenvalue weighted by Crippen LogP contribution is 2.22. The van der Waals surface area contributed by atoms with Crippen LogP contribution in [0, 0.1) is 0 Å². The summed E-state index contributed by atoms with van der Waals surface area (Å²) in [6.07, 6.45) is 0.160. The largest absolute Gasteiger partial charge is 0.478 e. The van der Waals surface area contributed by atoms with E-state index in [2.05, 4.69) is 11.3 Å². The molecule has 5 nitrogen and oxygen atoms in total. The monoisotopic (exact) mass is 367 g/mol. The summed E-state index contributed by atoms with van der Waals surface area (Å²) in [5.41, 5.74) is 1.21. The summed E-state index contributed by atoms with van der Waals surface area (Å²) in [4.78, 5) is 10.9. The Morgan fingerprint density at radius 2 is 1.62 bits per heavy atom. The van der Waals surface area contributed by atoms with Crippen LogP contribution in [0.15, 0.2) is 83.8 Å². The van der Waals surface area contributed by atoms with Gasteiger partial charge in [-0.05, 0) is 40.6 Å². The van der Waals surface area contributed by atoms with Crippen LogP contribution in [0.5, 0.6) is 0 Å². The van der Waals surface area contributed by atoms with Crippen molar-refractivity contribution in [1.82, 2.24) is 0 Å². The maximum atomic E-state index is 12.6. The van der Waals surface area contributed by atoms with Gasteiger partial charge in [0.05, 0.1) is 4.90 Å². The van der Waals surface area contributed by atoms with Crippen molar-refractivity contribution in [3.05, 3.63) is 84.4 Å². The van der Waals surface area contributed by atoms with Gasteiger partial charge in [-0.25, -0.2) is 13.2 Å². The number of sulfonamides is 1. The zero-order chi connectivity index (χ0) is 18.7. The van der Waals surface area contributed by atoms with Crippen molar-refractivity contribution in [2.45, 2.75) is 11.3 Å². The van der Waals surface area contributed by atoms with Crippen LogP contribution in [0.25, 0.3) is 10.8 Å². The molecule has 6 heteroatoms. The third kappa shape index (κ3) is 3.92. The van der Waals surface area contributed by atoms with E-state index in [0.717, 1.165) is 10.8 Å². The fourth-order valence-corrected chi connectivity index (χ4v) is 3.62. The summed E-state index contributed by atoms with van der Waals surface area (Å²) >= 11 is 0. The molecule has 0 bridgehead atoms. The van der Waals surface area contributed by atoms with E-state index < -0.39 is 16.0 Å². The Balaban J connectivity index is 1.80. The van der Waals surface area contributed by atoms with E-state index in [0.29, 0.717) is 11.3 Å². The number of carboxylic acid groups (broad SMARTS) is 1. The lowest BCUT2D eigenvalue weighted by atomic mass is 10.1. The Morgan fingerprint density at radius 3 is 2.27 bits per heavy atom. The van der Waals surface area contributed by atoms with Crippen molar-refractivity contribution in [1.29, 1.82) is 0 Å². The Hall–Kier alpha value is -3.12. The molecule has 2 N–H and O–H groups in total. The second-order valence-electron chi connectivity index (χ2n) is 5.90. The van der Waals surface area contributed by atoms with Crippen molar-refractivity contribution in [3.8, 4) is 0 Å². The molecule has 0 saturated heterocycles. The second-order valence-corrected chi connectivity index (χ2v) is 7.58. The maximum absolute atomic E-state index is 12.6. The average Bonchev–Trinajstić information content (AvgIpc) is 2.61. The zero-order valence-electron chi connectivity index (χ0n) is 13.8. The highest BCUT2D eigenvalue weighted by molar-refractivity contribution is 7.92. The molecule has 0 saturated carbocycles. The molecule has 3 rings (SSSR count). The highest BCUT2D eigenvalue weighted by atomic mass is 32.2. The molecule has 26 heavy (non-hydrogen) atoms. The van der Waals surface area contributed by atoms with Gasteiger partial charge >= 0.3 is 5.97 Å². The third-order valence-corrected chi connectivity index (χ3v) is 5.35. The number of anilines is 1.